The van der Waals surface area contributed by atoms with E-state index in [1.165, 1.54) is 35.5 Å². The van der Waals surface area contributed by atoms with E-state index in [0.29, 0.717) is 17.5 Å². The van der Waals surface area contributed by atoms with Crippen molar-refractivity contribution in [2.75, 3.05) is 9.91 Å². The molecule has 1 aromatic heterocycles. The van der Waals surface area contributed by atoms with Crippen molar-refractivity contribution in [2.24, 2.45) is 10.8 Å². The number of hydrogen-bond acceptors (Lipinski definition) is 5. The molecule has 1 atom stereocenters. The van der Waals surface area contributed by atoms with E-state index in [2.05, 4.69) is 5.10 Å². The van der Waals surface area contributed by atoms with Gasteiger partial charge in [-0.15, -0.1) is 0 Å². The van der Waals surface area contributed by atoms with Crippen molar-refractivity contribution in [1.82, 2.24) is 0 Å². The van der Waals surface area contributed by atoms with E-state index in [1.807, 2.05) is 0 Å². The molecule has 2 aromatic carbocycles. The summed E-state index contributed by atoms with van der Waals surface area (Å²) >= 11 is 0. The number of primary amides is 1. The van der Waals surface area contributed by atoms with Crippen LogP contribution >= 0.6 is 0 Å². The molecule has 0 saturated heterocycles. The highest BCUT2D eigenvalue weighted by Crippen LogP contribution is 2.28. The first-order chi connectivity index (χ1) is 15.3. The average Bonchev–Trinajstić information content (AvgIpc) is 3.43. The Morgan fingerprint density at radius 2 is 1.81 bits per heavy atom. The molecular formula is C22H17F3N4O3. The summed E-state index contributed by atoms with van der Waals surface area (Å²) in [5.41, 5.74) is 5.57. The summed E-state index contributed by atoms with van der Waals surface area (Å²) in [4.78, 5) is 26.4. The minimum absolute atomic E-state index is 0.0755. The smallest absolute Gasteiger partial charge is 0.275 e. The molecule has 0 spiro atoms. The Morgan fingerprint density at radius 3 is 2.44 bits per heavy atom. The van der Waals surface area contributed by atoms with Crippen LogP contribution in [0.2, 0.25) is 0 Å². The minimum Gasteiger partial charge on any atom is -0.467 e. The molecule has 7 nitrogen and oxygen atoms in total. The summed E-state index contributed by atoms with van der Waals surface area (Å²) in [6.45, 7) is -0.162. The first kappa shape index (κ1) is 21.2. The normalized spacial score (nSPS) is 15.5. The first-order valence-corrected chi connectivity index (χ1v) is 9.54. The highest BCUT2D eigenvalue weighted by molar-refractivity contribution is 6.44. The maximum atomic E-state index is 14.5. The van der Waals surface area contributed by atoms with Crippen LogP contribution in [-0.2, 0) is 16.1 Å². The average molecular weight is 442 g/mol. The van der Waals surface area contributed by atoms with Gasteiger partial charge in [0, 0.05) is 12.5 Å². The van der Waals surface area contributed by atoms with E-state index in [0.717, 1.165) is 17.0 Å². The number of hydrogen-bond donors (Lipinski definition) is 1. The molecule has 2 heterocycles. The van der Waals surface area contributed by atoms with E-state index in [9.17, 15) is 22.8 Å². The van der Waals surface area contributed by atoms with Crippen LogP contribution in [0, 0.1) is 17.5 Å². The molecule has 0 bridgehead atoms. The minimum atomic E-state index is -0.997. The molecule has 10 heteroatoms. The van der Waals surface area contributed by atoms with Gasteiger partial charge in [0.2, 0.25) is 5.91 Å². The van der Waals surface area contributed by atoms with Gasteiger partial charge in [0.15, 0.2) is 0 Å². The van der Waals surface area contributed by atoms with Crippen molar-refractivity contribution < 1.29 is 27.2 Å². The van der Waals surface area contributed by atoms with E-state index in [1.54, 1.807) is 12.1 Å². The van der Waals surface area contributed by atoms with Crippen LogP contribution in [0.3, 0.4) is 0 Å². The molecule has 2 N–H and O–H groups in total. The SMILES string of the molecule is NC(=O)C1CC(C(=O)N(Cc2ccco2)c2ccc(F)cc2F)=NN1c1ccc(F)cc1. The zero-order valence-corrected chi connectivity index (χ0v) is 16.5. The lowest BCUT2D eigenvalue weighted by molar-refractivity contribution is -0.119. The number of hydrazone groups is 1. The molecule has 1 unspecified atom stereocenters. The fraction of sp³-hybridized carbons (Fsp3) is 0.136. The summed E-state index contributed by atoms with van der Waals surface area (Å²) in [5.74, 6) is -3.35. The molecule has 2 amide bonds. The summed E-state index contributed by atoms with van der Waals surface area (Å²) in [7, 11) is 0. The number of furan rings is 1. The number of halogens is 3. The van der Waals surface area contributed by atoms with Crippen LogP contribution in [0.1, 0.15) is 12.2 Å². The molecule has 3 aromatic rings. The van der Waals surface area contributed by atoms with Crippen LogP contribution in [0.5, 0.6) is 0 Å². The largest absolute Gasteiger partial charge is 0.467 e. The highest BCUT2D eigenvalue weighted by atomic mass is 19.1. The Balaban J connectivity index is 1.71. The second kappa shape index (κ2) is 8.58. The maximum absolute atomic E-state index is 14.5. The van der Waals surface area contributed by atoms with Gasteiger partial charge >= 0.3 is 0 Å². The van der Waals surface area contributed by atoms with Gasteiger partial charge in [0.05, 0.1) is 24.2 Å². The number of carbonyl (C=O) groups excluding carboxylic acids is 2. The second-order valence-corrected chi connectivity index (χ2v) is 7.06. The highest BCUT2D eigenvalue weighted by Gasteiger charge is 2.37. The van der Waals surface area contributed by atoms with Gasteiger partial charge in [-0.25, -0.2) is 13.2 Å². The van der Waals surface area contributed by atoms with Gasteiger partial charge in [-0.2, -0.15) is 5.10 Å². The Labute approximate surface area is 180 Å². The summed E-state index contributed by atoms with van der Waals surface area (Å²) in [6.07, 6.45) is 1.24. The van der Waals surface area contributed by atoms with Gasteiger partial charge < -0.3 is 10.2 Å². The molecular weight excluding hydrogens is 425 g/mol. The van der Waals surface area contributed by atoms with Crippen LogP contribution < -0.4 is 15.6 Å². The van der Waals surface area contributed by atoms with Crippen molar-refractivity contribution in [3.63, 3.8) is 0 Å². The number of nitrogens with zero attached hydrogens (tertiary/aromatic N) is 3. The van der Waals surface area contributed by atoms with E-state index in [-0.39, 0.29) is 24.4 Å². The molecule has 32 heavy (non-hydrogen) atoms. The van der Waals surface area contributed by atoms with Crippen LogP contribution in [-0.4, -0.2) is 23.6 Å². The number of rotatable bonds is 6. The van der Waals surface area contributed by atoms with Crippen molar-refractivity contribution in [1.29, 1.82) is 0 Å². The summed E-state index contributed by atoms with van der Waals surface area (Å²) < 4.78 is 46.5. The lowest BCUT2D eigenvalue weighted by Gasteiger charge is -2.22. The topological polar surface area (TPSA) is 92.1 Å². The third-order valence-corrected chi connectivity index (χ3v) is 4.92. The van der Waals surface area contributed by atoms with E-state index < -0.39 is 35.3 Å². The molecule has 0 saturated carbocycles. The van der Waals surface area contributed by atoms with Crippen molar-refractivity contribution in [3.8, 4) is 0 Å². The van der Waals surface area contributed by atoms with Gasteiger partial charge in [0.1, 0.15) is 35.0 Å². The number of anilines is 2. The maximum Gasteiger partial charge on any atom is 0.275 e. The van der Waals surface area contributed by atoms with Gasteiger partial charge in [-0.3, -0.25) is 19.5 Å². The van der Waals surface area contributed by atoms with Crippen molar-refractivity contribution in [2.45, 2.75) is 19.0 Å². The van der Waals surface area contributed by atoms with E-state index in [4.69, 9.17) is 10.2 Å². The van der Waals surface area contributed by atoms with Crippen LogP contribution in [0.4, 0.5) is 24.5 Å². The number of nitrogens with two attached hydrogens (primary N) is 1. The zero-order chi connectivity index (χ0) is 22.8. The van der Waals surface area contributed by atoms with Gasteiger partial charge in [0.25, 0.3) is 5.91 Å². The fourth-order valence-electron chi connectivity index (χ4n) is 3.37. The Kier molecular flexibility index (Phi) is 5.67. The van der Waals surface area contributed by atoms with Crippen molar-refractivity contribution in [3.05, 3.63) is 84.1 Å². The Morgan fingerprint density at radius 1 is 1.09 bits per heavy atom. The fourth-order valence-corrected chi connectivity index (χ4v) is 3.37. The molecule has 1 aliphatic rings. The summed E-state index contributed by atoms with van der Waals surface area (Å²) in [5, 5.41) is 5.45. The Bertz CT molecular complexity index is 1180. The van der Waals surface area contributed by atoms with Crippen LogP contribution in [0.25, 0.3) is 0 Å². The van der Waals surface area contributed by atoms with Crippen LogP contribution in [0.15, 0.2) is 70.4 Å². The third-order valence-electron chi connectivity index (χ3n) is 4.92. The zero-order valence-electron chi connectivity index (χ0n) is 16.5. The molecule has 4 rings (SSSR count). The third kappa shape index (κ3) is 4.20. The lowest BCUT2D eigenvalue weighted by Crippen LogP contribution is -2.40. The van der Waals surface area contributed by atoms with Gasteiger partial charge in [-0.05, 0) is 48.5 Å². The standard InChI is InChI=1S/C22H17F3N4O3/c23-13-3-6-15(7-4-13)29-20(21(26)30)11-18(27-29)22(31)28(12-16-2-1-9-32-16)19-8-5-14(24)10-17(19)25/h1-10,20H,11-12H2,(H2,26,30). The summed E-state index contributed by atoms with van der Waals surface area (Å²) in [6, 6.07) is 10.2. The lowest BCUT2D eigenvalue weighted by atomic mass is 10.1. The van der Waals surface area contributed by atoms with Crippen molar-refractivity contribution >= 4 is 28.9 Å². The number of benzene rings is 2. The molecule has 0 aliphatic carbocycles. The second-order valence-electron chi connectivity index (χ2n) is 7.06. The first-order valence-electron chi connectivity index (χ1n) is 9.54. The molecule has 0 radical (unpaired) electrons. The predicted octanol–water partition coefficient (Wildman–Crippen LogP) is 3.35. The quantitative estimate of drug-likeness (QED) is 0.634. The van der Waals surface area contributed by atoms with Gasteiger partial charge in [-0.1, -0.05) is 0 Å². The number of amides is 2. The number of carbonyl (C=O) groups is 2. The molecule has 1 aliphatic heterocycles. The molecule has 0 fully saturated rings. The monoisotopic (exact) mass is 442 g/mol. The predicted molar refractivity (Wildman–Crippen MR) is 110 cm³/mol. The molecule has 164 valence electrons. The Hall–Kier alpha value is -4.08. The van der Waals surface area contributed by atoms with E-state index >= 15 is 0 Å².